The number of hydrogen-bond acceptors (Lipinski definition) is 3. The first kappa shape index (κ1) is 11.1. The standard InChI is InChI=1S/C12H20N2S/c13-7-1-2-10-3-5-11(6-4-10)12-14-8-9-15-12/h8-11H,1-7,13H2. The van der Waals surface area contributed by atoms with Gasteiger partial charge < -0.3 is 5.73 Å². The van der Waals surface area contributed by atoms with E-state index in [-0.39, 0.29) is 0 Å². The van der Waals surface area contributed by atoms with Gasteiger partial charge in [0, 0.05) is 17.5 Å². The van der Waals surface area contributed by atoms with E-state index in [4.69, 9.17) is 5.73 Å². The Labute approximate surface area is 95.9 Å². The van der Waals surface area contributed by atoms with Crippen LogP contribution in [0.1, 0.15) is 49.5 Å². The van der Waals surface area contributed by atoms with Gasteiger partial charge in [-0.15, -0.1) is 11.3 Å². The highest BCUT2D eigenvalue weighted by Gasteiger charge is 2.23. The molecule has 1 saturated carbocycles. The van der Waals surface area contributed by atoms with Gasteiger partial charge in [-0.25, -0.2) is 4.98 Å². The van der Waals surface area contributed by atoms with Gasteiger partial charge in [-0.2, -0.15) is 0 Å². The molecule has 1 aromatic heterocycles. The van der Waals surface area contributed by atoms with Crippen LogP contribution in [0.5, 0.6) is 0 Å². The summed E-state index contributed by atoms with van der Waals surface area (Å²) in [6.07, 6.45) is 9.90. The summed E-state index contributed by atoms with van der Waals surface area (Å²) in [5.41, 5.74) is 5.54. The highest BCUT2D eigenvalue weighted by atomic mass is 32.1. The molecule has 0 aromatic carbocycles. The third-order valence-corrected chi connectivity index (χ3v) is 4.40. The maximum Gasteiger partial charge on any atom is 0.0955 e. The second-order valence-corrected chi connectivity index (χ2v) is 5.45. The van der Waals surface area contributed by atoms with Crippen LogP contribution in [0.25, 0.3) is 0 Å². The zero-order valence-corrected chi connectivity index (χ0v) is 10.0. The SMILES string of the molecule is NCCCC1CCC(c2nccs2)CC1. The fourth-order valence-electron chi connectivity index (χ4n) is 2.54. The maximum atomic E-state index is 5.54. The molecule has 84 valence electrons. The summed E-state index contributed by atoms with van der Waals surface area (Å²) in [5.74, 6) is 1.68. The van der Waals surface area contributed by atoms with Crippen molar-refractivity contribution in [2.24, 2.45) is 11.7 Å². The lowest BCUT2D eigenvalue weighted by Gasteiger charge is -2.27. The van der Waals surface area contributed by atoms with Crippen molar-refractivity contribution in [3.8, 4) is 0 Å². The molecule has 1 heterocycles. The normalized spacial score (nSPS) is 26.7. The molecule has 0 atom stereocenters. The summed E-state index contributed by atoms with van der Waals surface area (Å²) in [6.45, 7) is 0.854. The zero-order valence-electron chi connectivity index (χ0n) is 9.19. The summed E-state index contributed by atoms with van der Waals surface area (Å²) in [6, 6.07) is 0. The molecule has 0 spiro atoms. The van der Waals surface area contributed by atoms with Gasteiger partial charge in [0.15, 0.2) is 0 Å². The van der Waals surface area contributed by atoms with Crippen LogP contribution in [0.15, 0.2) is 11.6 Å². The average Bonchev–Trinajstić information content (AvgIpc) is 2.80. The minimum Gasteiger partial charge on any atom is -0.330 e. The quantitative estimate of drug-likeness (QED) is 0.853. The molecule has 1 fully saturated rings. The monoisotopic (exact) mass is 224 g/mol. The van der Waals surface area contributed by atoms with E-state index in [9.17, 15) is 0 Å². The summed E-state index contributed by atoms with van der Waals surface area (Å²) in [5, 5.41) is 3.45. The Morgan fingerprint density at radius 1 is 1.33 bits per heavy atom. The van der Waals surface area contributed by atoms with Crippen molar-refractivity contribution in [1.82, 2.24) is 4.98 Å². The van der Waals surface area contributed by atoms with Crippen molar-refractivity contribution in [1.29, 1.82) is 0 Å². The topological polar surface area (TPSA) is 38.9 Å². The fourth-order valence-corrected chi connectivity index (χ4v) is 3.35. The number of nitrogens with zero attached hydrogens (tertiary/aromatic N) is 1. The second kappa shape index (κ2) is 5.61. The lowest BCUT2D eigenvalue weighted by molar-refractivity contribution is 0.306. The summed E-state index contributed by atoms with van der Waals surface area (Å²) in [4.78, 5) is 4.43. The number of rotatable bonds is 4. The van der Waals surface area contributed by atoms with Crippen LogP contribution in [0.2, 0.25) is 0 Å². The smallest absolute Gasteiger partial charge is 0.0955 e. The van der Waals surface area contributed by atoms with Gasteiger partial charge in [-0.1, -0.05) is 0 Å². The lowest BCUT2D eigenvalue weighted by Crippen LogP contribution is -2.14. The Hall–Kier alpha value is -0.410. The van der Waals surface area contributed by atoms with Gasteiger partial charge in [-0.05, 0) is 51.0 Å². The van der Waals surface area contributed by atoms with Crippen molar-refractivity contribution in [2.45, 2.75) is 44.4 Å². The molecule has 15 heavy (non-hydrogen) atoms. The van der Waals surface area contributed by atoms with Crippen molar-refractivity contribution in [3.05, 3.63) is 16.6 Å². The number of hydrogen-bond donors (Lipinski definition) is 1. The molecule has 1 aromatic rings. The molecule has 2 nitrogen and oxygen atoms in total. The first-order chi connectivity index (χ1) is 7.40. The van der Waals surface area contributed by atoms with Gasteiger partial charge >= 0.3 is 0 Å². The van der Waals surface area contributed by atoms with E-state index < -0.39 is 0 Å². The molecule has 3 heteroatoms. The van der Waals surface area contributed by atoms with Gasteiger partial charge in [0.05, 0.1) is 5.01 Å². The highest BCUT2D eigenvalue weighted by molar-refractivity contribution is 7.09. The molecule has 2 N–H and O–H groups in total. The molecular weight excluding hydrogens is 204 g/mol. The van der Waals surface area contributed by atoms with Crippen LogP contribution in [0.4, 0.5) is 0 Å². The van der Waals surface area contributed by atoms with Crippen molar-refractivity contribution >= 4 is 11.3 Å². The lowest BCUT2D eigenvalue weighted by atomic mass is 9.80. The Kier molecular flexibility index (Phi) is 4.15. The van der Waals surface area contributed by atoms with Crippen LogP contribution >= 0.6 is 11.3 Å². The minimum atomic E-state index is 0.749. The van der Waals surface area contributed by atoms with Gasteiger partial charge in [0.2, 0.25) is 0 Å². The van der Waals surface area contributed by atoms with E-state index in [1.807, 2.05) is 17.5 Å². The molecular formula is C12H20N2S. The molecule has 0 bridgehead atoms. The molecule has 0 amide bonds. The molecule has 0 saturated heterocycles. The van der Waals surface area contributed by atoms with E-state index in [0.29, 0.717) is 0 Å². The van der Waals surface area contributed by atoms with E-state index in [1.54, 1.807) is 0 Å². The average molecular weight is 224 g/mol. The first-order valence-electron chi connectivity index (χ1n) is 5.99. The fraction of sp³-hybridized carbons (Fsp3) is 0.750. The van der Waals surface area contributed by atoms with E-state index in [2.05, 4.69) is 10.4 Å². The Morgan fingerprint density at radius 3 is 2.73 bits per heavy atom. The summed E-state index contributed by atoms with van der Waals surface area (Å²) < 4.78 is 0. The van der Waals surface area contributed by atoms with Gasteiger partial charge in [0.1, 0.15) is 0 Å². The van der Waals surface area contributed by atoms with Crippen molar-refractivity contribution < 1.29 is 0 Å². The number of aromatic nitrogens is 1. The molecule has 0 unspecified atom stereocenters. The zero-order chi connectivity index (χ0) is 10.5. The second-order valence-electron chi connectivity index (χ2n) is 4.52. The molecule has 1 aliphatic carbocycles. The molecule has 0 aliphatic heterocycles. The van der Waals surface area contributed by atoms with Crippen LogP contribution in [0, 0.1) is 5.92 Å². The Bertz CT molecular complexity index is 263. The van der Waals surface area contributed by atoms with E-state index in [0.717, 1.165) is 18.4 Å². The third kappa shape index (κ3) is 3.02. The third-order valence-electron chi connectivity index (χ3n) is 3.46. The van der Waals surface area contributed by atoms with Gasteiger partial charge in [0.25, 0.3) is 0 Å². The minimum absolute atomic E-state index is 0.749. The molecule has 2 rings (SSSR count). The molecule has 0 radical (unpaired) electrons. The van der Waals surface area contributed by atoms with Gasteiger partial charge in [-0.3, -0.25) is 0 Å². The number of nitrogens with two attached hydrogens (primary N) is 1. The van der Waals surface area contributed by atoms with Crippen LogP contribution in [0.3, 0.4) is 0 Å². The maximum absolute atomic E-state index is 5.54. The highest BCUT2D eigenvalue weighted by Crippen LogP contribution is 2.37. The van der Waals surface area contributed by atoms with E-state index >= 15 is 0 Å². The Balaban J connectivity index is 1.77. The molecule has 1 aliphatic rings. The number of thiazole rings is 1. The van der Waals surface area contributed by atoms with Crippen molar-refractivity contribution in [3.63, 3.8) is 0 Å². The predicted octanol–water partition coefficient (Wildman–Crippen LogP) is 3.16. The van der Waals surface area contributed by atoms with E-state index in [1.165, 1.54) is 43.5 Å². The first-order valence-corrected chi connectivity index (χ1v) is 6.87. The largest absolute Gasteiger partial charge is 0.330 e. The summed E-state index contributed by atoms with van der Waals surface area (Å²) in [7, 11) is 0. The van der Waals surface area contributed by atoms with Crippen LogP contribution in [-0.4, -0.2) is 11.5 Å². The summed E-state index contributed by atoms with van der Waals surface area (Å²) >= 11 is 1.82. The van der Waals surface area contributed by atoms with Crippen molar-refractivity contribution in [2.75, 3.05) is 6.54 Å². The van der Waals surface area contributed by atoms with Crippen LogP contribution in [-0.2, 0) is 0 Å². The Morgan fingerprint density at radius 2 is 2.13 bits per heavy atom. The predicted molar refractivity (Wildman–Crippen MR) is 65.1 cm³/mol. The van der Waals surface area contributed by atoms with Crippen LogP contribution < -0.4 is 5.73 Å².